The third-order valence-electron chi connectivity index (χ3n) is 4.06. The molecule has 2 amide bonds. The number of ketones is 1. The summed E-state index contributed by atoms with van der Waals surface area (Å²) in [5.74, 6) is -1.56. The van der Waals surface area contributed by atoms with Crippen LogP contribution in [0.15, 0.2) is 41.7 Å². The van der Waals surface area contributed by atoms with Gasteiger partial charge >= 0.3 is 6.09 Å². The minimum Gasteiger partial charge on any atom is -0.509 e. The van der Waals surface area contributed by atoms with Gasteiger partial charge in [0.05, 0.1) is 12.1 Å². The largest absolute Gasteiger partial charge is 0.509 e. The fourth-order valence-electron chi connectivity index (χ4n) is 2.75. The van der Waals surface area contributed by atoms with Gasteiger partial charge in [-0.05, 0) is 46.1 Å². The number of ether oxygens (including phenoxy) is 1. The highest BCUT2D eigenvalue weighted by atomic mass is 16.6. The zero-order valence-electron chi connectivity index (χ0n) is 16.0. The summed E-state index contributed by atoms with van der Waals surface area (Å²) in [6.07, 6.45) is 0.310. The van der Waals surface area contributed by atoms with Gasteiger partial charge in [0.25, 0.3) is 5.91 Å². The van der Waals surface area contributed by atoms with Crippen molar-refractivity contribution >= 4 is 17.8 Å². The van der Waals surface area contributed by atoms with Crippen molar-refractivity contribution in [2.24, 2.45) is 0 Å². The molecule has 27 heavy (non-hydrogen) atoms. The minimum absolute atomic E-state index is 0.309. The topological polar surface area (TPSA) is 105 Å². The van der Waals surface area contributed by atoms with Crippen LogP contribution in [-0.2, 0) is 20.7 Å². The number of rotatable bonds is 5. The molecule has 2 unspecified atom stereocenters. The molecule has 0 aromatic heterocycles. The first-order chi connectivity index (χ1) is 12.6. The highest BCUT2D eigenvalue weighted by Gasteiger charge is 2.39. The van der Waals surface area contributed by atoms with E-state index in [0.29, 0.717) is 12.8 Å². The second-order valence-corrected chi connectivity index (χ2v) is 7.54. The molecule has 1 aromatic carbocycles. The van der Waals surface area contributed by atoms with Crippen molar-refractivity contribution in [3.05, 3.63) is 47.2 Å². The lowest BCUT2D eigenvalue weighted by Gasteiger charge is -2.22. The van der Waals surface area contributed by atoms with Gasteiger partial charge in [-0.2, -0.15) is 0 Å². The molecule has 7 heteroatoms. The molecular formula is C20H26N2O5. The van der Waals surface area contributed by atoms with E-state index in [4.69, 9.17) is 4.74 Å². The van der Waals surface area contributed by atoms with Crippen molar-refractivity contribution in [2.75, 3.05) is 0 Å². The van der Waals surface area contributed by atoms with E-state index in [0.717, 1.165) is 5.56 Å². The van der Waals surface area contributed by atoms with E-state index in [-0.39, 0.29) is 5.57 Å². The van der Waals surface area contributed by atoms with Crippen LogP contribution in [0.2, 0.25) is 0 Å². The number of carbonyl (C=O) groups is 3. The monoisotopic (exact) mass is 374 g/mol. The molecule has 0 radical (unpaired) electrons. The normalized spacial score (nSPS) is 20.1. The Morgan fingerprint density at radius 3 is 2.48 bits per heavy atom. The van der Waals surface area contributed by atoms with Crippen LogP contribution >= 0.6 is 0 Å². The van der Waals surface area contributed by atoms with Gasteiger partial charge in [-0.3, -0.25) is 9.59 Å². The van der Waals surface area contributed by atoms with Gasteiger partial charge in [-0.15, -0.1) is 0 Å². The van der Waals surface area contributed by atoms with Gasteiger partial charge in [0.1, 0.15) is 16.9 Å². The zero-order chi connectivity index (χ0) is 20.2. The number of aryl methyl sites for hydroxylation is 1. The first kappa shape index (κ1) is 20.5. The van der Waals surface area contributed by atoms with E-state index < -0.39 is 41.2 Å². The Hall–Kier alpha value is -2.83. The summed E-state index contributed by atoms with van der Waals surface area (Å²) < 4.78 is 5.11. The Balaban J connectivity index is 2.04. The van der Waals surface area contributed by atoms with Crippen LogP contribution in [0, 0.1) is 0 Å². The van der Waals surface area contributed by atoms with E-state index in [1.54, 1.807) is 20.8 Å². The van der Waals surface area contributed by atoms with Crippen molar-refractivity contribution < 1.29 is 24.2 Å². The van der Waals surface area contributed by atoms with Crippen molar-refractivity contribution in [3.63, 3.8) is 0 Å². The highest BCUT2D eigenvalue weighted by molar-refractivity contribution is 6.27. The van der Waals surface area contributed by atoms with Crippen LogP contribution in [0.4, 0.5) is 4.79 Å². The number of hydrogen-bond acceptors (Lipinski definition) is 5. The smallest absolute Gasteiger partial charge is 0.408 e. The molecule has 3 N–H and O–H groups in total. The summed E-state index contributed by atoms with van der Waals surface area (Å²) in [6.45, 7) is 6.60. The number of alkyl carbamates (subject to hydrolysis) is 1. The quantitative estimate of drug-likeness (QED) is 0.417. The molecule has 0 spiro atoms. The second-order valence-electron chi connectivity index (χ2n) is 7.54. The fraction of sp³-hybridized carbons (Fsp3) is 0.450. The molecule has 2 rings (SSSR count). The maximum Gasteiger partial charge on any atom is 0.408 e. The molecule has 7 nitrogen and oxygen atoms in total. The van der Waals surface area contributed by atoms with Crippen LogP contribution in [0.3, 0.4) is 0 Å². The number of aliphatic hydroxyl groups is 1. The van der Waals surface area contributed by atoms with Gasteiger partial charge in [0.2, 0.25) is 0 Å². The highest BCUT2D eigenvalue weighted by Crippen LogP contribution is 2.20. The first-order valence-electron chi connectivity index (χ1n) is 8.90. The van der Waals surface area contributed by atoms with Crippen LogP contribution in [-0.4, -0.2) is 40.6 Å². The molecule has 0 bridgehead atoms. The summed E-state index contributed by atoms with van der Waals surface area (Å²) in [4.78, 5) is 36.5. The maximum atomic E-state index is 12.6. The standard InChI is InChI=1S/C20H26N2O5/c1-12(21-19(26)27-20(2,3)4)16(23)15-17(24)14(22-18(15)25)11-10-13-8-6-5-7-9-13/h5-9,12,14,23H,10-11H2,1-4H3,(H,21,26)(H,22,25). The molecule has 2 atom stereocenters. The molecule has 1 fully saturated rings. The van der Waals surface area contributed by atoms with Crippen molar-refractivity contribution in [2.45, 2.75) is 58.2 Å². The van der Waals surface area contributed by atoms with Gasteiger partial charge in [0.15, 0.2) is 5.78 Å². The number of hydrogen-bond donors (Lipinski definition) is 3. The minimum atomic E-state index is -0.933. The number of nitrogens with one attached hydrogen (secondary N) is 2. The number of carbonyl (C=O) groups excluding carboxylic acids is 3. The Morgan fingerprint density at radius 2 is 1.89 bits per heavy atom. The Labute approximate surface area is 158 Å². The average molecular weight is 374 g/mol. The van der Waals surface area contributed by atoms with E-state index in [1.807, 2.05) is 30.3 Å². The molecule has 1 saturated heterocycles. The van der Waals surface area contributed by atoms with Crippen molar-refractivity contribution in [1.82, 2.24) is 10.6 Å². The predicted molar refractivity (Wildman–Crippen MR) is 100 cm³/mol. The van der Waals surface area contributed by atoms with Crippen LogP contribution in [0.5, 0.6) is 0 Å². The number of Topliss-reactive ketones (excluding diaryl/α,β-unsaturated/α-hetero) is 1. The van der Waals surface area contributed by atoms with Gasteiger partial charge in [0, 0.05) is 0 Å². The molecule has 1 aliphatic rings. The van der Waals surface area contributed by atoms with Crippen LogP contribution in [0.25, 0.3) is 0 Å². The van der Waals surface area contributed by atoms with Crippen LogP contribution in [0.1, 0.15) is 39.7 Å². The lowest BCUT2D eigenvalue weighted by atomic mass is 10.00. The molecule has 1 heterocycles. The predicted octanol–water partition coefficient (Wildman–Crippen LogP) is 2.41. The van der Waals surface area contributed by atoms with E-state index in [1.165, 1.54) is 6.92 Å². The fourth-order valence-corrected chi connectivity index (χ4v) is 2.75. The van der Waals surface area contributed by atoms with E-state index in [2.05, 4.69) is 10.6 Å². The summed E-state index contributed by atoms with van der Waals surface area (Å²) in [5.41, 5.74) is 0.0492. The lowest BCUT2D eigenvalue weighted by Crippen LogP contribution is -2.39. The third-order valence-corrected chi connectivity index (χ3v) is 4.06. The van der Waals surface area contributed by atoms with Gasteiger partial charge < -0.3 is 20.5 Å². The zero-order valence-corrected chi connectivity index (χ0v) is 16.0. The third kappa shape index (κ3) is 5.57. The summed E-state index contributed by atoms with van der Waals surface area (Å²) in [6, 6.07) is 7.99. The lowest BCUT2D eigenvalue weighted by molar-refractivity contribution is -0.117. The van der Waals surface area contributed by atoms with Gasteiger partial charge in [-0.25, -0.2) is 4.79 Å². The van der Waals surface area contributed by atoms with Crippen molar-refractivity contribution in [3.8, 4) is 0 Å². The van der Waals surface area contributed by atoms with E-state index >= 15 is 0 Å². The Bertz CT molecular complexity index is 749. The van der Waals surface area contributed by atoms with Crippen molar-refractivity contribution in [1.29, 1.82) is 0 Å². The summed E-state index contributed by atoms with van der Waals surface area (Å²) in [7, 11) is 0. The summed E-state index contributed by atoms with van der Waals surface area (Å²) in [5, 5.41) is 15.4. The SMILES string of the molecule is CC(NC(=O)OC(C)(C)C)C(O)=C1C(=O)NC(CCc2ccccc2)C1=O. The van der Waals surface area contributed by atoms with Crippen LogP contribution < -0.4 is 10.6 Å². The number of aliphatic hydroxyl groups excluding tert-OH is 1. The molecular weight excluding hydrogens is 348 g/mol. The van der Waals surface area contributed by atoms with E-state index in [9.17, 15) is 19.5 Å². The molecule has 0 saturated carbocycles. The summed E-state index contributed by atoms with van der Waals surface area (Å²) >= 11 is 0. The van der Waals surface area contributed by atoms with Gasteiger partial charge in [-0.1, -0.05) is 30.3 Å². The molecule has 1 aromatic rings. The molecule has 1 aliphatic heterocycles. The molecule has 146 valence electrons. The molecule has 0 aliphatic carbocycles. The Kier molecular flexibility index (Phi) is 6.25. The Morgan fingerprint density at radius 1 is 1.26 bits per heavy atom. The number of benzene rings is 1. The first-order valence-corrected chi connectivity index (χ1v) is 8.90. The number of amides is 2. The second kappa shape index (κ2) is 8.24. The maximum absolute atomic E-state index is 12.6. The average Bonchev–Trinajstić information content (AvgIpc) is 2.85.